The number of esters is 2. The van der Waals surface area contributed by atoms with Crippen molar-refractivity contribution in [3.8, 4) is 0 Å². The Morgan fingerprint density at radius 3 is 1.15 bits per heavy atom. The molecule has 0 amide bonds. The summed E-state index contributed by atoms with van der Waals surface area (Å²) in [6.45, 7) is 3.82. The smallest absolute Gasteiger partial charge is 0.462 e. The summed E-state index contributed by atoms with van der Waals surface area (Å²) in [7, 11) is -3.20. The first kappa shape index (κ1) is 64.0. The molecule has 0 aromatic carbocycles. The van der Waals surface area contributed by atoms with Crippen LogP contribution in [0.15, 0.2) is 48.6 Å². The minimum absolute atomic E-state index is 0.224. The van der Waals surface area contributed by atoms with Crippen molar-refractivity contribution in [2.75, 3.05) is 20.3 Å². The average molecular weight is 949 g/mol. The van der Waals surface area contributed by atoms with E-state index in [1.165, 1.54) is 173 Å². The van der Waals surface area contributed by atoms with Crippen molar-refractivity contribution in [2.24, 2.45) is 0 Å². The Balaban J connectivity index is 3.84. The molecule has 386 valence electrons. The molecule has 9 heteroatoms. The van der Waals surface area contributed by atoms with Crippen molar-refractivity contribution in [3.63, 3.8) is 0 Å². The van der Waals surface area contributed by atoms with Crippen LogP contribution in [0.3, 0.4) is 0 Å². The van der Waals surface area contributed by atoms with E-state index in [4.69, 9.17) is 14.0 Å². The van der Waals surface area contributed by atoms with Crippen LogP contribution in [0.4, 0.5) is 0 Å². The van der Waals surface area contributed by atoms with Crippen LogP contribution >= 0.6 is 7.82 Å². The number of rotatable bonds is 52. The highest BCUT2D eigenvalue weighted by Gasteiger charge is 2.24. The predicted octanol–water partition coefficient (Wildman–Crippen LogP) is 18.5. The molecule has 0 saturated carbocycles. The summed E-state index contributed by atoms with van der Waals surface area (Å²) in [5.41, 5.74) is 0. The fraction of sp³-hybridized carbons (Fsp3) is 0.825. The maximum absolute atomic E-state index is 12.6. The summed E-state index contributed by atoms with van der Waals surface area (Å²) in [6.07, 6.45) is 66.2. The van der Waals surface area contributed by atoms with Crippen LogP contribution in [0.2, 0.25) is 0 Å². The van der Waals surface area contributed by atoms with Gasteiger partial charge in [0.2, 0.25) is 0 Å². The highest BCUT2D eigenvalue weighted by atomic mass is 31.2. The molecule has 0 spiro atoms. The van der Waals surface area contributed by atoms with Gasteiger partial charge in [0.25, 0.3) is 0 Å². The van der Waals surface area contributed by atoms with Crippen molar-refractivity contribution >= 4 is 19.8 Å². The van der Waals surface area contributed by atoms with E-state index in [1.807, 2.05) is 0 Å². The molecular formula is C57H105O8P. The molecule has 0 aliphatic heterocycles. The number of hydrogen-bond acceptors (Lipinski definition) is 7. The summed E-state index contributed by atoms with van der Waals surface area (Å²) in [5.74, 6) is -0.796. The first-order chi connectivity index (χ1) is 32.3. The second-order valence-corrected chi connectivity index (χ2v) is 20.3. The minimum Gasteiger partial charge on any atom is -0.462 e. The van der Waals surface area contributed by atoms with E-state index in [-0.39, 0.29) is 19.0 Å². The van der Waals surface area contributed by atoms with Crippen LogP contribution < -0.4 is 0 Å². The molecule has 0 aromatic rings. The maximum Gasteiger partial charge on any atom is 0.472 e. The Labute approximate surface area is 408 Å². The summed E-state index contributed by atoms with van der Waals surface area (Å²) in [4.78, 5) is 34.8. The fourth-order valence-corrected chi connectivity index (χ4v) is 8.58. The van der Waals surface area contributed by atoms with Gasteiger partial charge in [-0.1, -0.05) is 262 Å². The van der Waals surface area contributed by atoms with Gasteiger partial charge in [0.15, 0.2) is 6.10 Å². The molecule has 0 fully saturated rings. The van der Waals surface area contributed by atoms with Crippen molar-refractivity contribution in [1.82, 2.24) is 0 Å². The Morgan fingerprint density at radius 2 is 0.773 bits per heavy atom. The zero-order chi connectivity index (χ0) is 48.1. The molecule has 2 unspecified atom stereocenters. The van der Waals surface area contributed by atoms with Crippen LogP contribution in [0.1, 0.15) is 277 Å². The van der Waals surface area contributed by atoms with E-state index >= 15 is 0 Å². The number of carbonyl (C=O) groups is 2. The number of allylic oxidation sites excluding steroid dienone is 8. The second-order valence-electron chi connectivity index (χ2n) is 18.7. The molecule has 0 heterocycles. The Hall–Kier alpha value is -1.99. The SMILES string of the molecule is CC/C=C\C/C=C\C/C=C\C/C=C\CCCCCCCCCCCCC(=O)OC(COC(=O)CCCCCCCCCCCCCCCCCCCCCCCCCC)COP(=O)(O)OC. The van der Waals surface area contributed by atoms with Gasteiger partial charge in [0, 0.05) is 20.0 Å². The molecule has 0 aromatic heterocycles. The molecular weight excluding hydrogens is 844 g/mol. The van der Waals surface area contributed by atoms with Crippen LogP contribution in [-0.2, 0) is 32.7 Å². The lowest BCUT2D eigenvalue weighted by Crippen LogP contribution is -2.29. The normalized spacial score (nSPS) is 13.5. The number of carbonyl (C=O) groups excluding carboxylic acids is 2. The monoisotopic (exact) mass is 949 g/mol. The van der Waals surface area contributed by atoms with Gasteiger partial charge in [-0.15, -0.1) is 0 Å². The average Bonchev–Trinajstić information content (AvgIpc) is 3.31. The van der Waals surface area contributed by atoms with Crippen molar-refractivity contribution in [3.05, 3.63) is 48.6 Å². The third-order valence-electron chi connectivity index (χ3n) is 12.3. The number of phosphoric acid groups is 1. The van der Waals surface area contributed by atoms with E-state index in [2.05, 4.69) is 67.0 Å². The molecule has 0 aliphatic rings. The first-order valence-corrected chi connectivity index (χ1v) is 29.3. The number of phosphoric ester groups is 1. The van der Waals surface area contributed by atoms with Gasteiger partial charge in [-0.2, -0.15) is 0 Å². The topological polar surface area (TPSA) is 108 Å². The van der Waals surface area contributed by atoms with Gasteiger partial charge < -0.3 is 14.4 Å². The number of hydrogen-bond donors (Lipinski definition) is 1. The van der Waals surface area contributed by atoms with Gasteiger partial charge in [-0.05, 0) is 51.4 Å². The van der Waals surface area contributed by atoms with Gasteiger partial charge in [-0.25, -0.2) is 4.57 Å². The number of ether oxygens (including phenoxy) is 2. The van der Waals surface area contributed by atoms with Crippen LogP contribution in [0, 0.1) is 0 Å². The van der Waals surface area contributed by atoms with Gasteiger partial charge >= 0.3 is 19.8 Å². The van der Waals surface area contributed by atoms with Gasteiger partial charge in [0.05, 0.1) is 6.61 Å². The largest absolute Gasteiger partial charge is 0.472 e. The van der Waals surface area contributed by atoms with Gasteiger partial charge in [0.1, 0.15) is 6.61 Å². The lowest BCUT2D eigenvalue weighted by Gasteiger charge is -2.19. The van der Waals surface area contributed by atoms with E-state index in [0.717, 1.165) is 77.7 Å². The number of unbranched alkanes of at least 4 members (excludes halogenated alkanes) is 33. The summed E-state index contributed by atoms with van der Waals surface area (Å²) < 4.78 is 32.2. The van der Waals surface area contributed by atoms with Crippen LogP contribution in [0.25, 0.3) is 0 Å². The maximum atomic E-state index is 12.6. The summed E-state index contributed by atoms with van der Waals surface area (Å²) in [6, 6.07) is 0. The summed E-state index contributed by atoms with van der Waals surface area (Å²) >= 11 is 0. The van der Waals surface area contributed by atoms with Gasteiger partial charge in [-0.3, -0.25) is 18.6 Å². The van der Waals surface area contributed by atoms with Crippen LogP contribution in [0.5, 0.6) is 0 Å². The van der Waals surface area contributed by atoms with Crippen molar-refractivity contribution in [1.29, 1.82) is 0 Å². The predicted molar refractivity (Wildman–Crippen MR) is 281 cm³/mol. The highest BCUT2D eigenvalue weighted by molar-refractivity contribution is 7.47. The molecule has 1 N–H and O–H groups in total. The lowest BCUT2D eigenvalue weighted by atomic mass is 10.0. The molecule has 2 atom stereocenters. The molecule has 66 heavy (non-hydrogen) atoms. The third kappa shape index (κ3) is 51.4. The Kier molecular flexibility index (Phi) is 50.8. The first-order valence-electron chi connectivity index (χ1n) is 27.8. The molecule has 0 radical (unpaired) electrons. The second kappa shape index (κ2) is 52.4. The van der Waals surface area contributed by atoms with E-state index in [1.54, 1.807) is 0 Å². The minimum atomic E-state index is -4.27. The Bertz CT molecular complexity index is 1210. The Morgan fingerprint density at radius 1 is 0.439 bits per heavy atom. The van der Waals surface area contributed by atoms with Crippen molar-refractivity contribution < 1.29 is 37.6 Å². The molecule has 0 bridgehead atoms. The van der Waals surface area contributed by atoms with Crippen molar-refractivity contribution in [2.45, 2.75) is 283 Å². The van der Waals surface area contributed by atoms with E-state index < -0.39 is 26.5 Å². The zero-order valence-corrected chi connectivity index (χ0v) is 44.2. The highest BCUT2D eigenvalue weighted by Crippen LogP contribution is 2.42. The van der Waals surface area contributed by atoms with E-state index in [9.17, 15) is 19.0 Å². The third-order valence-corrected chi connectivity index (χ3v) is 13.3. The molecule has 0 aliphatic carbocycles. The van der Waals surface area contributed by atoms with Crippen LogP contribution in [-0.4, -0.2) is 43.3 Å². The molecule has 0 saturated heterocycles. The quantitative estimate of drug-likeness (QED) is 0.0278. The zero-order valence-electron chi connectivity index (χ0n) is 43.4. The lowest BCUT2D eigenvalue weighted by molar-refractivity contribution is -0.161. The standard InChI is InChI=1S/C57H105O8P/c1-4-6-8-10-12-14-16-18-20-22-24-26-28-30-31-33-35-37-39-41-43-45-47-49-51-56(58)63-53-55(54-64-66(60,61)62-3)65-57(59)52-50-48-46-44-42-40-38-36-34-32-29-27-25-23-21-19-17-15-13-11-9-7-5-2/h7,9,13,15,19,21,25,27,55H,4-6,8,10-12,14,16-18,20,22-24,26,28-54H2,1-3H3,(H,60,61)/b9-7-,15-13-,21-19-,27-25-. The summed E-state index contributed by atoms with van der Waals surface area (Å²) in [5, 5.41) is 0. The van der Waals surface area contributed by atoms with E-state index in [0.29, 0.717) is 12.8 Å². The molecule has 0 rings (SSSR count). The molecule has 8 nitrogen and oxygen atoms in total. The fourth-order valence-electron chi connectivity index (χ4n) is 8.12.